The highest BCUT2D eigenvalue weighted by Crippen LogP contribution is 2.28. The molecule has 7 nitrogen and oxygen atoms in total. The third-order valence-electron chi connectivity index (χ3n) is 5.50. The molecule has 2 aromatic heterocycles. The van der Waals surface area contributed by atoms with Crippen molar-refractivity contribution in [2.45, 2.75) is 45.6 Å². The van der Waals surface area contributed by atoms with Gasteiger partial charge in [-0.1, -0.05) is 44.2 Å². The number of amides is 1. The quantitative estimate of drug-likeness (QED) is 0.637. The van der Waals surface area contributed by atoms with Gasteiger partial charge in [-0.15, -0.1) is 0 Å². The maximum atomic E-state index is 13.3. The maximum Gasteiger partial charge on any atom is 0.305 e. The average Bonchev–Trinajstić information content (AvgIpc) is 3.00. The Morgan fingerprint density at radius 2 is 1.83 bits per heavy atom. The zero-order valence-corrected chi connectivity index (χ0v) is 17.2. The van der Waals surface area contributed by atoms with Crippen LogP contribution in [0.3, 0.4) is 0 Å². The molecule has 0 atom stereocenters. The summed E-state index contributed by atoms with van der Waals surface area (Å²) in [5.74, 6) is -1.24. The minimum atomic E-state index is -0.934. The molecular formula is C22H26N4O3. The van der Waals surface area contributed by atoms with Gasteiger partial charge in [-0.05, 0) is 25.8 Å². The van der Waals surface area contributed by atoms with Gasteiger partial charge in [0, 0.05) is 12.6 Å². The van der Waals surface area contributed by atoms with E-state index in [0.29, 0.717) is 40.8 Å². The summed E-state index contributed by atoms with van der Waals surface area (Å²) in [6, 6.07) is 11.4. The van der Waals surface area contributed by atoms with Gasteiger partial charge in [0.1, 0.15) is 0 Å². The molecule has 1 amide bonds. The molecule has 0 fully saturated rings. The number of carboxylic acid groups (broad SMARTS) is 1. The molecule has 0 saturated carbocycles. The second-order valence-electron chi connectivity index (χ2n) is 7.34. The van der Waals surface area contributed by atoms with E-state index in [0.717, 1.165) is 5.56 Å². The van der Waals surface area contributed by atoms with E-state index in [1.165, 1.54) is 0 Å². The molecule has 3 rings (SSSR count). The summed E-state index contributed by atoms with van der Waals surface area (Å²) >= 11 is 0. The van der Waals surface area contributed by atoms with E-state index in [2.05, 4.69) is 10.4 Å². The van der Waals surface area contributed by atoms with Crippen LogP contribution < -0.4 is 5.32 Å². The highest BCUT2D eigenvalue weighted by atomic mass is 16.4. The Hall–Kier alpha value is -3.22. The fourth-order valence-electron chi connectivity index (χ4n) is 3.70. The Labute approximate surface area is 169 Å². The van der Waals surface area contributed by atoms with Crippen LogP contribution in [-0.2, 0) is 11.8 Å². The first-order chi connectivity index (χ1) is 13.8. The van der Waals surface area contributed by atoms with Crippen molar-refractivity contribution in [1.82, 2.24) is 20.1 Å². The number of carbonyl (C=O) groups is 2. The van der Waals surface area contributed by atoms with Crippen molar-refractivity contribution in [3.8, 4) is 11.3 Å². The molecule has 0 aliphatic heterocycles. The zero-order valence-electron chi connectivity index (χ0n) is 17.2. The van der Waals surface area contributed by atoms with Gasteiger partial charge in [0.2, 0.25) is 0 Å². The summed E-state index contributed by atoms with van der Waals surface area (Å²) in [7, 11) is 1.80. The lowest BCUT2D eigenvalue weighted by Gasteiger charge is -2.31. The average molecular weight is 394 g/mol. The van der Waals surface area contributed by atoms with Crippen molar-refractivity contribution in [2.75, 3.05) is 0 Å². The number of hydrogen-bond acceptors (Lipinski definition) is 4. The number of nitrogens with one attached hydrogen (secondary N) is 1. The molecule has 0 radical (unpaired) electrons. The van der Waals surface area contributed by atoms with Crippen molar-refractivity contribution < 1.29 is 14.7 Å². The SMILES string of the molecule is CCC(CC)(CC(=O)O)NC(=O)c1cc(-c2ccccc2)nc2c1c(C)nn2C. The van der Waals surface area contributed by atoms with Gasteiger partial charge in [0.25, 0.3) is 5.91 Å². The van der Waals surface area contributed by atoms with E-state index in [-0.39, 0.29) is 12.3 Å². The summed E-state index contributed by atoms with van der Waals surface area (Å²) in [6.07, 6.45) is 0.915. The smallest absolute Gasteiger partial charge is 0.305 e. The predicted octanol–water partition coefficient (Wildman–Crippen LogP) is 3.71. The molecule has 29 heavy (non-hydrogen) atoms. The minimum Gasteiger partial charge on any atom is -0.481 e. The maximum absolute atomic E-state index is 13.3. The fraction of sp³-hybridized carbons (Fsp3) is 0.364. The summed E-state index contributed by atoms with van der Waals surface area (Å²) in [6.45, 7) is 5.62. The van der Waals surface area contributed by atoms with E-state index in [1.807, 2.05) is 51.1 Å². The number of aryl methyl sites for hydroxylation is 2. The Bertz CT molecular complexity index is 1050. The van der Waals surface area contributed by atoms with Crippen LogP contribution in [0.5, 0.6) is 0 Å². The Morgan fingerprint density at radius 3 is 2.41 bits per heavy atom. The molecule has 0 aliphatic rings. The fourth-order valence-corrected chi connectivity index (χ4v) is 3.70. The van der Waals surface area contributed by atoms with Gasteiger partial charge in [0.05, 0.1) is 34.3 Å². The summed E-state index contributed by atoms with van der Waals surface area (Å²) in [5.41, 5.74) is 2.54. The molecular weight excluding hydrogens is 368 g/mol. The van der Waals surface area contributed by atoms with Crippen molar-refractivity contribution in [3.05, 3.63) is 47.7 Å². The zero-order chi connectivity index (χ0) is 21.2. The highest BCUT2D eigenvalue weighted by molar-refractivity contribution is 6.07. The van der Waals surface area contributed by atoms with E-state index in [1.54, 1.807) is 17.8 Å². The first kappa shape index (κ1) is 20.5. The first-order valence-electron chi connectivity index (χ1n) is 9.74. The Kier molecular flexibility index (Phi) is 5.68. The number of aliphatic carboxylic acids is 1. The molecule has 0 bridgehead atoms. The van der Waals surface area contributed by atoms with E-state index >= 15 is 0 Å². The largest absolute Gasteiger partial charge is 0.481 e. The lowest BCUT2D eigenvalue weighted by molar-refractivity contribution is -0.138. The van der Waals surface area contributed by atoms with Gasteiger partial charge in [-0.2, -0.15) is 5.10 Å². The number of aromatic nitrogens is 3. The minimum absolute atomic E-state index is 0.127. The third kappa shape index (κ3) is 3.99. The van der Waals surface area contributed by atoms with Crippen LogP contribution in [0.25, 0.3) is 22.3 Å². The van der Waals surface area contributed by atoms with Gasteiger partial charge < -0.3 is 10.4 Å². The number of rotatable bonds is 7. The van der Waals surface area contributed by atoms with Crippen LogP contribution in [0.4, 0.5) is 0 Å². The predicted molar refractivity (Wildman–Crippen MR) is 112 cm³/mol. The molecule has 3 aromatic rings. The van der Waals surface area contributed by atoms with Crippen LogP contribution in [0.1, 0.15) is 49.2 Å². The molecule has 0 unspecified atom stereocenters. The monoisotopic (exact) mass is 394 g/mol. The van der Waals surface area contributed by atoms with Crippen LogP contribution in [0.15, 0.2) is 36.4 Å². The number of nitrogens with zero attached hydrogens (tertiary/aromatic N) is 3. The summed E-state index contributed by atoms with van der Waals surface area (Å²) in [5, 5.41) is 17.4. The topological polar surface area (TPSA) is 97.1 Å². The number of carbonyl (C=O) groups excluding carboxylic acids is 1. The molecule has 2 heterocycles. The molecule has 1 aromatic carbocycles. The first-order valence-corrected chi connectivity index (χ1v) is 9.74. The van der Waals surface area contributed by atoms with E-state index < -0.39 is 11.5 Å². The Morgan fingerprint density at radius 1 is 1.17 bits per heavy atom. The number of carboxylic acids is 1. The summed E-state index contributed by atoms with van der Waals surface area (Å²) in [4.78, 5) is 29.5. The normalized spacial score (nSPS) is 11.6. The van der Waals surface area contributed by atoms with Crippen molar-refractivity contribution >= 4 is 22.9 Å². The molecule has 0 aliphatic carbocycles. The molecule has 2 N–H and O–H groups in total. The number of benzene rings is 1. The van der Waals surface area contributed by atoms with Crippen molar-refractivity contribution in [3.63, 3.8) is 0 Å². The number of fused-ring (bicyclic) bond motifs is 1. The van der Waals surface area contributed by atoms with Gasteiger partial charge in [0.15, 0.2) is 5.65 Å². The second-order valence-corrected chi connectivity index (χ2v) is 7.34. The lowest BCUT2D eigenvalue weighted by atomic mass is 9.88. The van der Waals surface area contributed by atoms with Crippen LogP contribution in [-0.4, -0.2) is 37.3 Å². The molecule has 152 valence electrons. The molecule has 0 saturated heterocycles. The van der Waals surface area contributed by atoms with Gasteiger partial charge in [-0.25, -0.2) is 4.98 Å². The molecule has 7 heteroatoms. The highest BCUT2D eigenvalue weighted by Gasteiger charge is 2.32. The second kappa shape index (κ2) is 8.03. The standard InChI is InChI=1S/C22H26N4O3/c1-5-22(6-2,13-18(27)28)24-21(29)16-12-17(15-10-8-7-9-11-15)23-20-19(16)14(3)25-26(20)4/h7-12H,5-6,13H2,1-4H3,(H,24,29)(H,27,28). The van der Waals surface area contributed by atoms with Crippen molar-refractivity contribution in [2.24, 2.45) is 7.05 Å². The van der Waals surface area contributed by atoms with Crippen molar-refractivity contribution in [1.29, 1.82) is 0 Å². The summed E-state index contributed by atoms with van der Waals surface area (Å²) < 4.78 is 1.66. The van der Waals surface area contributed by atoms with Gasteiger partial charge in [-0.3, -0.25) is 14.3 Å². The van der Waals surface area contributed by atoms with Crippen LogP contribution >= 0.6 is 0 Å². The lowest BCUT2D eigenvalue weighted by Crippen LogP contribution is -2.49. The van der Waals surface area contributed by atoms with Crippen LogP contribution in [0.2, 0.25) is 0 Å². The number of pyridine rings is 1. The number of hydrogen-bond donors (Lipinski definition) is 2. The van der Waals surface area contributed by atoms with E-state index in [9.17, 15) is 14.7 Å². The van der Waals surface area contributed by atoms with Gasteiger partial charge >= 0.3 is 5.97 Å². The van der Waals surface area contributed by atoms with Crippen LogP contribution in [0, 0.1) is 6.92 Å². The Balaban J connectivity index is 2.14. The molecule has 0 spiro atoms. The third-order valence-corrected chi connectivity index (χ3v) is 5.50. The van der Waals surface area contributed by atoms with E-state index in [4.69, 9.17) is 4.98 Å².